The van der Waals surface area contributed by atoms with Gasteiger partial charge in [-0.05, 0) is 18.6 Å². The van der Waals surface area contributed by atoms with Gasteiger partial charge in [0, 0.05) is 6.54 Å². The molecule has 6 heteroatoms. The number of esters is 1. The Morgan fingerprint density at radius 1 is 1.62 bits per heavy atom. The minimum atomic E-state index is -2.74. The Morgan fingerprint density at radius 3 is 2.69 bits per heavy atom. The van der Waals surface area contributed by atoms with E-state index >= 15 is 0 Å². The predicted molar refractivity (Wildman–Crippen MR) is 53.2 cm³/mol. The summed E-state index contributed by atoms with van der Waals surface area (Å²) in [5, 5.41) is 0. The Bertz CT molecular complexity index is 408. The molecule has 0 fully saturated rings. The number of carbonyl (C=O) groups excluding carboxylic acids is 1. The fraction of sp³-hybridized carbons (Fsp3) is 0.400. The highest BCUT2D eigenvalue weighted by Gasteiger charge is 2.20. The summed E-state index contributed by atoms with van der Waals surface area (Å²) in [6.07, 6.45) is -2.74. The van der Waals surface area contributed by atoms with Crippen molar-refractivity contribution in [2.75, 3.05) is 7.11 Å². The molecule has 0 radical (unpaired) electrons. The summed E-state index contributed by atoms with van der Waals surface area (Å²) in [7, 11) is 1.19. The van der Waals surface area contributed by atoms with Gasteiger partial charge in [0.1, 0.15) is 5.69 Å². The van der Waals surface area contributed by atoms with Gasteiger partial charge < -0.3 is 10.5 Å². The van der Waals surface area contributed by atoms with Crippen LogP contribution in [0.25, 0.3) is 0 Å². The first-order valence-electron chi connectivity index (χ1n) is 4.58. The molecular weight excluding hydrogens is 218 g/mol. The summed E-state index contributed by atoms with van der Waals surface area (Å²) >= 11 is 0. The van der Waals surface area contributed by atoms with Crippen molar-refractivity contribution in [3.05, 3.63) is 28.6 Å². The van der Waals surface area contributed by atoms with E-state index in [9.17, 15) is 13.6 Å². The van der Waals surface area contributed by atoms with E-state index in [2.05, 4.69) is 9.72 Å². The minimum absolute atomic E-state index is 0.00993. The van der Waals surface area contributed by atoms with Crippen LogP contribution in [0.5, 0.6) is 0 Å². The molecule has 1 aromatic rings. The van der Waals surface area contributed by atoms with Crippen LogP contribution in [0.3, 0.4) is 0 Å². The summed E-state index contributed by atoms with van der Waals surface area (Å²) in [5.74, 6) is -0.670. The van der Waals surface area contributed by atoms with Crippen LogP contribution in [0.2, 0.25) is 0 Å². The van der Waals surface area contributed by atoms with Gasteiger partial charge in [0.15, 0.2) is 0 Å². The lowest BCUT2D eigenvalue weighted by Crippen LogP contribution is -2.12. The third-order valence-corrected chi connectivity index (χ3v) is 2.18. The molecule has 0 amide bonds. The number of hydrogen-bond donors (Lipinski definition) is 1. The summed E-state index contributed by atoms with van der Waals surface area (Å²) < 4.78 is 29.8. The quantitative estimate of drug-likeness (QED) is 0.800. The van der Waals surface area contributed by atoms with Gasteiger partial charge in [-0.3, -0.25) is 4.98 Å². The molecule has 0 aliphatic heterocycles. The van der Waals surface area contributed by atoms with E-state index in [0.29, 0.717) is 0 Å². The molecule has 0 aliphatic carbocycles. The van der Waals surface area contributed by atoms with E-state index in [1.807, 2.05) is 0 Å². The number of nitrogens with two attached hydrogens (primary N) is 1. The molecule has 0 unspecified atom stereocenters. The maximum atomic E-state index is 12.6. The Kier molecular flexibility index (Phi) is 3.89. The monoisotopic (exact) mass is 230 g/mol. The van der Waals surface area contributed by atoms with Crippen LogP contribution in [0.1, 0.15) is 33.7 Å². The van der Waals surface area contributed by atoms with Gasteiger partial charge in [0.25, 0.3) is 6.43 Å². The van der Waals surface area contributed by atoms with Crippen LogP contribution in [0, 0.1) is 6.92 Å². The van der Waals surface area contributed by atoms with Crippen molar-refractivity contribution < 1.29 is 18.3 Å². The molecule has 16 heavy (non-hydrogen) atoms. The third-order valence-electron chi connectivity index (χ3n) is 2.18. The second-order valence-electron chi connectivity index (χ2n) is 3.17. The van der Waals surface area contributed by atoms with Gasteiger partial charge in [0.2, 0.25) is 0 Å². The van der Waals surface area contributed by atoms with Crippen molar-refractivity contribution >= 4 is 5.97 Å². The van der Waals surface area contributed by atoms with Crippen molar-refractivity contribution in [2.45, 2.75) is 19.9 Å². The normalized spacial score (nSPS) is 10.6. The summed E-state index contributed by atoms with van der Waals surface area (Å²) in [5.41, 5.74) is 5.33. The molecule has 0 bridgehead atoms. The zero-order valence-corrected chi connectivity index (χ0v) is 8.96. The maximum Gasteiger partial charge on any atom is 0.338 e. The van der Waals surface area contributed by atoms with E-state index in [1.165, 1.54) is 20.1 Å². The smallest absolute Gasteiger partial charge is 0.338 e. The van der Waals surface area contributed by atoms with Gasteiger partial charge in [-0.15, -0.1) is 0 Å². The number of carbonyl (C=O) groups is 1. The molecule has 1 aromatic heterocycles. The van der Waals surface area contributed by atoms with Crippen LogP contribution in [0.4, 0.5) is 8.78 Å². The summed E-state index contributed by atoms with van der Waals surface area (Å²) in [6.45, 7) is 1.39. The molecule has 1 heterocycles. The largest absolute Gasteiger partial charge is 0.465 e. The van der Waals surface area contributed by atoms with E-state index in [0.717, 1.165) is 0 Å². The Morgan fingerprint density at radius 2 is 2.25 bits per heavy atom. The van der Waals surface area contributed by atoms with Crippen molar-refractivity contribution in [3.8, 4) is 0 Å². The van der Waals surface area contributed by atoms with Crippen molar-refractivity contribution in [3.63, 3.8) is 0 Å². The molecule has 1 rings (SSSR count). The fourth-order valence-corrected chi connectivity index (χ4v) is 1.32. The zero-order valence-electron chi connectivity index (χ0n) is 8.96. The van der Waals surface area contributed by atoms with Crippen molar-refractivity contribution in [1.82, 2.24) is 4.98 Å². The van der Waals surface area contributed by atoms with Gasteiger partial charge in [-0.1, -0.05) is 0 Å². The van der Waals surface area contributed by atoms with Crippen LogP contribution in [0.15, 0.2) is 6.07 Å². The second kappa shape index (κ2) is 4.98. The lowest BCUT2D eigenvalue weighted by molar-refractivity contribution is 0.0599. The van der Waals surface area contributed by atoms with Crippen molar-refractivity contribution in [2.24, 2.45) is 5.73 Å². The van der Waals surface area contributed by atoms with Crippen LogP contribution >= 0.6 is 0 Å². The minimum Gasteiger partial charge on any atom is -0.465 e. The Balaban J connectivity index is 3.37. The zero-order chi connectivity index (χ0) is 12.3. The van der Waals surface area contributed by atoms with Crippen molar-refractivity contribution in [1.29, 1.82) is 0 Å². The number of alkyl halides is 2. The second-order valence-corrected chi connectivity index (χ2v) is 3.17. The highest BCUT2D eigenvalue weighted by Crippen LogP contribution is 2.24. The first-order valence-corrected chi connectivity index (χ1v) is 4.58. The molecule has 88 valence electrons. The number of ether oxygens (including phenoxy) is 1. The summed E-state index contributed by atoms with van der Waals surface area (Å²) in [6, 6.07) is 1.37. The number of methoxy groups -OCH3 is 1. The highest BCUT2D eigenvalue weighted by molar-refractivity contribution is 5.91. The molecule has 0 saturated carbocycles. The SMILES string of the molecule is COC(=O)c1cc(CN)nc(C(F)F)c1C. The van der Waals surface area contributed by atoms with Crippen LogP contribution in [-0.4, -0.2) is 18.1 Å². The Labute approximate surface area is 91.4 Å². The topological polar surface area (TPSA) is 65.2 Å². The number of rotatable bonds is 3. The number of halogens is 2. The Hall–Kier alpha value is -1.56. The number of hydrogen-bond acceptors (Lipinski definition) is 4. The van der Waals surface area contributed by atoms with Crippen LogP contribution < -0.4 is 5.73 Å². The number of nitrogens with zero attached hydrogens (tertiary/aromatic N) is 1. The molecule has 0 saturated heterocycles. The van der Waals surface area contributed by atoms with Gasteiger partial charge in [-0.25, -0.2) is 13.6 Å². The van der Waals surface area contributed by atoms with Gasteiger partial charge in [0.05, 0.1) is 18.4 Å². The highest BCUT2D eigenvalue weighted by atomic mass is 19.3. The lowest BCUT2D eigenvalue weighted by atomic mass is 10.1. The van der Waals surface area contributed by atoms with Gasteiger partial charge >= 0.3 is 5.97 Å². The lowest BCUT2D eigenvalue weighted by Gasteiger charge is -2.10. The van der Waals surface area contributed by atoms with E-state index < -0.39 is 18.1 Å². The summed E-state index contributed by atoms with van der Waals surface area (Å²) in [4.78, 5) is 15.0. The predicted octanol–water partition coefficient (Wildman–Crippen LogP) is 1.57. The molecule has 0 aromatic carbocycles. The van der Waals surface area contributed by atoms with E-state index in [4.69, 9.17) is 5.73 Å². The first kappa shape index (κ1) is 12.5. The van der Waals surface area contributed by atoms with Crippen LogP contribution in [-0.2, 0) is 11.3 Å². The van der Waals surface area contributed by atoms with E-state index in [-0.39, 0.29) is 23.4 Å². The van der Waals surface area contributed by atoms with Gasteiger partial charge in [-0.2, -0.15) is 0 Å². The average Bonchev–Trinajstić information content (AvgIpc) is 2.28. The number of pyridine rings is 1. The number of aromatic nitrogens is 1. The molecule has 0 atom stereocenters. The molecule has 0 aliphatic rings. The standard InChI is InChI=1S/C10H12F2N2O2/c1-5-7(10(15)16-2)3-6(4-13)14-8(5)9(11)12/h3,9H,4,13H2,1-2H3. The molecular formula is C10H12F2N2O2. The first-order chi connectivity index (χ1) is 7.51. The molecule has 2 N–H and O–H groups in total. The fourth-order valence-electron chi connectivity index (χ4n) is 1.32. The molecule has 4 nitrogen and oxygen atoms in total. The maximum absolute atomic E-state index is 12.6. The van der Waals surface area contributed by atoms with E-state index in [1.54, 1.807) is 0 Å². The third kappa shape index (κ3) is 2.33. The molecule has 0 spiro atoms. The average molecular weight is 230 g/mol.